The summed E-state index contributed by atoms with van der Waals surface area (Å²) in [5.41, 5.74) is 0. The Bertz CT molecular complexity index is 129. The molecule has 0 saturated heterocycles. The molecule has 0 saturated carbocycles. The van der Waals surface area contributed by atoms with E-state index in [9.17, 15) is 0 Å². The van der Waals surface area contributed by atoms with Gasteiger partial charge in [-0.1, -0.05) is 52.0 Å². The van der Waals surface area contributed by atoms with Crippen LogP contribution in [0.2, 0.25) is 0 Å². The van der Waals surface area contributed by atoms with Gasteiger partial charge in [0.1, 0.15) is 0 Å². The van der Waals surface area contributed by atoms with Gasteiger partial charge in [0.15, 0.2) is 0 Å². The summed E-state index contributed by atoms with van der Waals surface area (Å²) in [5, 5.41) is 3.48. The van der Waals surface area contributed by atoms with Gasteiger partial charge in [-0.3, -0.25) is 0 Å². The van der Waals surface area contributed by atoms with Gasteiger partial charge in [0.05, 0.1) is 0 Å². The van der Waals surface area contributed by atoms with Crippen LogP contribution in [0.5, 0.6) is 0 Å². The first-order valence-electron chi connectivity index (χ1n) is 6.22. The van der Waals surface area contributed by atoms with E-state index in [-0.39, 0.29) is 0 Å². The van der Waals surface area contributed by atoms with Crippen LogP contribution in [-0.2, 0) is 0 Å². The van der Waals surface area contributed by atoms with Crippen molar-refractivity contribution in [1.29, 1.82) is 0 Å². The van der Waals surface area contributed by atoms with Crippen molar-refractivity contribution in [2.75, 3.05) is 0 Å². The number of hydrogen-bond acceptors (Lipinski definition) is 1. The predicted molar refractivity (Wildman–Crippen MR) is 65.4 cm³/mol. The van der Waals surface area contributed by atoms with Gasteiger partial charge in [-0.25, -0.2) is 0 Å². The molecule has 1 unspecified atom stereocenters. The summed E-state index contributed by atoms with van der Waals surface area (Å²) >= 11 is 0. The molecule has 1 nitrogen and oxygen atoms in total. The van der Waals surface area contributed by atoms with Crippen LogP contribution in [0.4, 0.5) is 0 Å². The summed E-state index contributed by atoms with van der Waals surface area (Å²) in [6, 6.07) is 0.706. The smallest absolute Gasteiger partial charge is 0.0255 e. The van der Waals surface area contributed by atoms with E-state index in [1.165, 1.54) is 44.9 Å². The molecule has 0 bridgehead atoms. The quantitative estimate of drug-likeness (QED) is 0.545. The molecule has 14 heavy (non-hydrogen) atoms. The molecule has 0 aliphatic carbocycles. The molecule has 0 heterocycles. The van der Waals surface area contributed by atoms with Crippen LogP contribution in [0.1, 0.15) is 65.7 Å². The van der Waals surface area contributed by atoms with E-state index < -0.39 is 0 Å². The average molecular weight is 197 g/mol. The molecule has 0 aromatic carbocycles. The number of nitrogens with one attached hydrogen (secondary N) is 1. The zero-order valence-corrected chi connectivity index (χ0v) is 10.2. The Morgan fingerprint density at radius 3 is 2.21 bits per heavy atom. The average Bonchev–Trinajstić information content (AvgIpc) is 2.21. The zero-order valence-electron chi connectivity index (χ0n) is 10.2. The fourth-order valence-corrected chi connectivity index (χ4v) is 1.63. The minimum atomic E-state index is 0.706. The maximum Gasteiger partial charge on any atom is 0.0255 e. The fourth-order valence-electron chi connectivity index (χ4n) is 1.63. The Labute approximate surface area is 90.0 Å². The Hall–Kier alpha value is -0.460. The molecule has 0 aliphatic rings. The molecule has 0 amide bonds. The van der Waals surface area contributed by atoms with E-state index in [1.807, 2.05) is 0 Å². The summed E-state index contributed by atoms with van der Waals surface area (Å²) < 4.78 is 0. The van der Waals surface area contributed by atoms with Gasteiger partial charge in [-0.05, 0) is 26.0 Å². The molecule has 0 fully saturated rings. The molecule has 0 aliphatic heterocycles. The van der Waals surface area contributed by atoms with E-state index >= 15 is 0 Å². The minimum Gasteiger partial charge on any atom is -0.388 e. The van der Waals surface area contributed by atoms with Gasteiger partial charge in [0.2, 0.25) is 0 Å². The summed E-state index contributed by atoms with van der Waals surface area (Å²) in [6.07, 6.45) is 13.6. The van der Waals surface area contributed by atoms with E-state index in [1.54, 1.807) is 0 Å². The highest BCUT2D eigenvalue weighted by atomic mass is 14.9. The van der Waals surface area contributed by atoms with Crippen LogP contribution in [0.3, 0.4) is 0 Å². The standard InChI is InChI=1S/C13H27N/c1-4-7-9-11-13(10-8-5-2)14-12-6-3/h6,12-14H,4-5,7-11H2,1-3H3/b12-6+. The normalized spacial score (nSPS) is 13.4. The number of allylic oxidation sites excluding steroid dienone is 1. The van der Waals surface area contributed by atoms with Crippen LogP contribution in [0, 0.1) is 0 Å². The summed E-state index contributed by atoms with van der Waals surface area (Å²) in [6.45, 7) is 6.59. The molecular weight excluding hydrogens is 170 g/mol. The van der Waals surface area contributed by atoms with Gasteiger partial charge < -0.3 is 5.32 Å². The van der Waals surface area contributed by atoms with Crippen molar-refractivity contribution in [3.05, 3.63) is 12.3 Å². The lowest BCUT2D eigenvalue weighted by Crippen LogP contribution is -2.23. The topological polar surface area (TPSA) is 12.0 Å². The second kappa shape index (κ2) is 10.6. The fraction of sp³-hybridized carbons (Fsp3) is 0.846. The molecule has 0 spiro atoms. The van der Waals surface area contributed by atoms with Crippen LogP contribution in [-0.4, -0.2) is 6.04 Å². The van der Waals surface area contributed by atoms with Gasteiger partial charge >= 0.3 is 0 Å². The lowest BCUT2D eigenvalue weighted by atomic mass is 10.0. The molecular formula is C13H27N. The van der Waals surface area contributed by atoms with Crippen molar-refractivity contribution >= 4 is 0 Å². The highest BCUT2D eigenvalue weighted by Gasteiger charge is 2.04. The second-order valence-electron chi connectivity index (χ2n) is 4.00. The number of rotatable bonds is 9. The first-order valence-corrected chi connectivity index (χ1v) is 6.22. The maximum absolute atomic E-state index is 3.48. The Morgan fingerprint density at radius 2 is 1.64 bits per heavy atom. The highest BCUT2D eigenvalue weighted by Crippen LogP contribution is 2.09. The Balaban J connectivity index is 3.60. The van der Waals surface area contributed by atoms with Crippen molar-refractivity contribution in [3.8, 4) is 0 Å². The third-order valence-corrected chi connectivity index (χ3v) is 2.56. The van der Waals surface area contributed by atoms with Crippen molar-refractivity contribution < 1.29 is 0 Å². The largest absolute Gasteiger partial charge is 0.388 e. The lowest BCUT2D eigenvalue weighted by molar-refractivity contribution is 0.464. The van der Waals surface area contributed by atoms with Crippen molar-refractivity contribution in [2.24, 2.45) is 0 Å². The molecule has 84 valence electrons. The predicted octanol–water partition coefficient (Wildman–Crippen LogP) is 4.25. The van der Waals surface area contributed by atoms with E-state index in [0.717, 1.165) is 0 Å². The third-order valence-electron chi connectivity index (χ3n) is 2.56. The van der Waals surface area contributed by atoms with Crippen LogP contribution in [0.15, 0.2) is 12.3 Å². The molecule has 0 rings (SSSR count). The lowest BCUT2D eigenvalue weighted by Gasteiger charge is -2.16. The van der Waals surface area contributed by atoms with E-state index in [0.29, 0.717) is 6.04 Å². The minimum absolute atomic E-state index is 0.706. The van der Waals surface area contributed by atoms with Crippen LogP contribution < -0.4 is 5.32 Å². The van der Waals surface area contributed by atoms with Gasteiger partial charge in [-0.2, -0.15) is 0 Å². The van der Waals surface area contributed by atoms with E-state index in [2.05, 4.69) is 38.4 Å². The SMILES string of the molecule is C/C=C/NC(CCCC)CCCCC. The first-order chi connectivity index (χ1) is 6.85. The Morgan fingerprint density at radius 1 is 1.00 bits per heavy atom. The van der Waals surface area contributed by atoms with Crippen LogP contribution in [0.25, 0.3) is 0 Å². The molecule has 0 aromatic rings. The maximum atomic E-state index is 3.48. The molecule has 1 N–H and O–H groups in total. The monoisotopic (exact) mass is 197 g/mol. The van der Waals surface area contributed by atoms with Gasteiger partial charge in [0.25, 0.3) is 0 Å². The zero-order chi connectivity index (χ0) is 10.6. The number of hydrogen-bond donors (Lipinski definition) is 1. The van der Waals surface area contributed by atoms with Gasteiger partial charge in [0, 0.05) is 6.04 Å². The third kappa shape index (κ3) is 8.15. The summed E-state index contributed by atoms with van der Waals surface area (Å²) in [5.74, 6) is 0. The van der Waals surface area contributed by atoms with Crippen molar-refractivity contribution in [3.63, 3.8) is 0 Å². The van der Waals surface area contributed by atoms with E-state index in [4.69, 9.17) is 0 Å². The first kappa shape index (κ1) is 13.5. The summed E-state index contributed by atoms with van der Waals surface area (Å²) in [7, 11) is 0. The molecule has 1 atom stereocenters. The number of unbranched alkanes of at least 4 members (excludes halogenated alkanes) is 3. The van der Waals surface area contributed by atoms with Gasteiger partial charge in [-0.15, -0.1) is 0 Å². The van der Waals surface area contributed by atoms with Crippen molar-refractivity contribution in [2.45, 2.75) is 71.8 Å². The van der Waals surface area contributed by atoms with Crippen molar-refractivity contribution in [1.82, 2.24) is 5.32 Å². The second-order valence-corrected chi connectivity index (χ2v) is 4.00. The molecule has 1 heteroatoms. The summed E-state index contributed by atoms with van der Waals surface area (Å²) in [4.78, 5) is 0. The Kier molecular flexibility index (Phi) is 10.3. The highest BCUT2D eigenvalue weighted by molar-refractivity contribution is 4.79. The molecule has 0 radical (unpaired) electrons. The van der Waals surface area contributed by atoms with Crippen LogP contribution >= 0.6 is 0 Å². The molecule has 0 aromatic heterocycles.